The van der Waals surface area contributed by atoms with Crippen molar-refractivity contribution in [1.82, 2.24) is 4.90 Å². The van der Waals surface area contributed by atoms with Gasteiger partial charge in [0.05, 0.1) is 0 Å². The van der Waals surface area contributed by atoms with Gasteiger partial charge in [0.2, 0.25) is 0 Å². The zero-order valence-electron chi connectivity index (χ0n) is 11.4. The maximum absolute atomic E-state index is 6.05. The SMILES string of the molecule is CCN1CCc2c(cccc2OC(C)(C)C)C1. The van der Waals surface area contributed by atoms with Gasteiger partial charge in [-0.1, -0.05) is 19.1 Å². The summed E-state index contributed by atoms with van der Waals surface area (Å²) in [5.41, 5.74) is 2.73. The van der Waals surface area contributed by atoms with Crippen LogP contribution in [0, 0.1) is 0 Å². The Morgan fingerprint density at radius 3 is 2.71 bits per heavy atom. The standard InChI is InChI=1S/C15H23NO/c1-5-16-10-9-13-12(11-16)7-6-8-14(13)17-15(2,3)4/h6-8H,5,9-11H2,1-4H3. The van der Waals surface area contributed by atoms with Crippen molar-refractivity contribution in [3.63, 3.8) is 0 Å². The Hall–Kier alpha value is -1.02. The fraction of sp³-hybridized carbons (Fsp3) is 0.600. The minimum Gasteiger partial charge on any atom is -0.488 e. The number of benzene rings is 1. The maximum Gasteiger partial charge on any atom is 0.123 e. The van der Waals surface area contributed by atoms with E-state index in [0.29, 0.717) is 0 Å². The van der Waals surface area contributed by atoms with Gasteiger partial charge in [-0.25, -0.2) is 0 Å². The molecule has 1 aliphatic heterocycles. The van der Waals surface area contributed by atoms with Crippen molar-refractivity contribution in [2.45, 2.75) is 46.3 Å². The van der Waals surface area contributed by atoms with E-state index in [1.165, 1.54) is 11.1 Å². The lowest BCUT2D eigenvalue weighted by Gasteiger charge is -2.31. The molecule has 1 heterocycles. The quantitative estimate of drug-likeness (QED) is 0.777. The molecule has 0 aliphatic carbocycles. The second-order valence-corrected chi connectivity index (χ2v) is 5.73. The Bertz CT molecular complexity index is 392. The van der Waals surface area contributed by atoms with Gasteiger partial charge >= 0.3 is 0 Å². The number of hydrogen-bond donors (Lipinski definition) is 0. The van der Waals surface area contributed by atoms with E-state index in [-0.39, 0.29) is 5.60 Å². The minimum absolute atomic E-state index is 0.114. The van der Waals surface area contributed by atoms with Crippen LogP contribution in [0.4, 0.5) is 0 Å². The smallest absolute Gasteiger partial charge is 0.123 e. The molecule has 0 amide bonds. The summed E-state index contributed by atoms with van der Waals surface area (Å²) in [7, 11) is 0. The first-order valence-electron chi connectivity index (χ1n) is 6.52. The van der Waals surface area contributed by atoms with Crippen molar-refractivity contribution in [2.75, 3.05) is 13.1 Å². The van der Waals surface area contributed by atoms with Crippen LogP contribution in [0.5, 0.6) is 5.75 Å². The molecule has 0 saturated carbocycles. The van der Waals surface area contributed by atoms with Gasteiger partial charge in [-0.15, -0.1) is 0 Å². The highest BCUT2D eigenvalue weighted by molar-refractivity contribution is 5.42. The number of ether oxygens (including phenoxy) is 1. The summed E-state index contributed by atoms with van der Waals surface area (Å²) in [5, 5.41) is 0. The first kappa shape index (κ1) is 12.4. The van der Waals surface area contributed by atoms with Crippen LogP contribution in [-0.2, 0) is 13.0 Å². The van der Waals surface area contributed by atoms with Crippen molar-refractivity contribution >= 4 is 0 Å². The van der Waals surface area contributed by atoms with Crippen molar-refractivity contribution in [2.24, 2.45) is 0 Å². The monoisotopic (exact) mass is 233 g/mol. The van der Waals surface area contributed by atoms with E-state index >= 15 is 0 Å². The van der Waals surface area contributed by atoms with Crippen LogP contribution in [0.15, 0.2) is 18.2 Å². The third kappa shape index (κ3) is 3.01. The molecule has 0 fully saturated rings. The van der Waals surface area contributed by atoms with Gasteiger partial charge in [0.25, 0.3) is 0 Å². The summed E-state index contributed by atoms with van der Waals surface area (Å²) in [6.07, 6.45) is 1.11. The maximum atomic E-state index is 6.05. The fourth-order valence-electron chi connectivity index (χ4n) is 2.33. The Labute approximate surface area is 105 Å². The molecule has 0 radical (unpaired) electrons. The molecule has 17 heavy (non-hydrogen) atoms. The van der Waals surface area contributed by atoms with Crippen LogP contribution < -0.4 is 4.74 Å². The second kappa shape index (κ2) is 4.69. The van der Waals surface area contributed by atoms with E-state index in [4.69, 9.17) is 4.74 Å². The first-order valence-corrected chi connectivity index (χ1v) is 6.52. The lowest BCUT2D eigenvalue weighted by atomic mass is 9.98. The number of hydrogen-bond acceptors (Lipinski definition) is 2. The molecule has 94 valence electrons. The van der Waals surface area contributed by atoms with Crippen molar-refractivity contribution in [1.29, 1.82) is 0 Å². The predicted octanol–water partition coefficient (Wildman–Crippen LogP) is 3.24. The van der Waals surface area contributed by atoms with Gasteiger partial charge in [-0.3, -0.25) is 4.90 Å². The molecule has 0 bridgehead atoms. The summed E-state index contributed by atoms with van der Waals surface area (Å²) in [6, 6.07) is 6.44. The van der Waals surface area contributed by atoms with Gasteiger partial charge in [0, 0.05) is 13.1 Å². The Kier molecular flexibility index (Phi) is 3.43. The highest BCUT2D eigenvalue weighted by atomic mass is 16.5. The summed E-state index contributed by atoms with van der Waals surface area (Å²) in [6.45, 7) is 11.9. The Morgan fingerprint density at radius 2 is 2.06 bits per heavy atom. The molecule has 1 aromatic rings. The molecular formula is C15H23NO. The van der Waals surface area contributed by atoms with Gasteiger partial charge in [0.1, 0.15) is 11.4 Å². The van der Waals surface area contributed by atoms with Crippen molar-refractivity contribution < 1.29 is 4.74 Å². The summed E-state index contributed by atoms with van der Waals surface area (Å²) < 4.78 is 6.05. The third-order valence-corrected chi connectivity index (χ3v) is 3.17. The number of rotatable bonds is 2. The van der Waals surface area contributed by atoms with E-state index in [2.05, 4.69) is 50.8 Å². The van der Waals surface area contributed by atoms with E-state index < -0.39 is 0 Å². The Balaban J connectivity index is 2.26. The highest BCUT2D eigenvalue weighted by Gasteiger charge is 2.21. The normalized spacial score (nSPS) is 16.7. The minimum atomic E-state index is -0.114. The lowest BCUT2D eigenvalue weighted by Crippen LogP contribution is -2.31. The lowest BCUT2D eigenvalue weighted by molar-refractivity contribution is 0.127. The van der Waals surface area contributed by atoms with E-state index in [1.54, 1.807) is 0 Å². The van der Waals surface area contributed by atoms with Crippen LogP contribution in [0.1, 0.15) is 38.8 Å². The Morgan fingerprint density at radius 1 is 1.29 bits per heavy atom. The molecule has 0 saturated heterocycles. The number of nitrogens with zero attached hydrogens (tertiary/aromatic N) is 1. The molecule has 1 aliphatic rings. The van der Waals surface area contributed by atoms with Gasteiger partial charge in [-0.05, 0) is 50.9 Å². The zero-order valence-corrected chi connectivity index (χ0v) is 11.4. The molecule has 0 atom stereocenters. The largest absolute Gasteiger partial charge is 0.488 e. The van der Waals surface area contributed by atoms with E-state index in [9.17, 15) is 0 Å². The van der Waals surface area contributed by atoms with Gasteiger partial charge in [0.15, 0.2) is 0 Å². The van der Waals surface area contributed by atoms with Gasteiger partial charge in [-0.2, -0.15) is 0 Å². The van der Waals surface area contributed by atoms with Crippen molar-refractivity contribution in [3.05, 3.63) is 29.3 Å². The molecule has 2 heteroatoms. The fourth-order valence-corrected chi connectivity index (χ4v) is 2.33. The molecular weight excluding hydrogens is 210 g/mol. The zero-order chi connectivity index (χ0) is 12.5. The highest BCUT2D eigenvalue weighted by Crippen LogP contribution is 2.30. The van der Waals surface area contributed by atoms with Crippen LogP contribution in [0.2, 0.25) is 0 Å². The topological polar surface area (TPSA) is 12.5 Å². The van der Waals surface area contributed by atoms with Gasteiger partial charge < -0.3 is 4.74 Å². The van der Waals surface area contributed by atoms with Crippen LogP contribution in [0.3, 0.4) is 0 Å². The third-order valence-electron chi connectivity index (χ3n) is 3.17. The van der Waals surface area contributed by atoms with Crippen LogP contribution >= 0.6 is 0 Å². The molecule has 0 N–H and O–H groups in total. The number of likely N-dealkylation sites (N-methyl/N-ethyl adjacent to an activating group) is 1. The predicted molar refractivity (Wildman–Crippen MR) is 71.5 cm³/mol. The van der Waals surface area contributed by atoms with E-state index in [0.717, 1.165) is 31.8 Å². The molecule has 1 aromatic carbocycles. The molecule has 2 nitrogen and oxygen atoms in total. The van der Waals surface area contributed by atoms with Crippen LogP contribution in [0.25, 0.3) is 0 Å². The van der Waals surface area contributed by atoms with Crippen LogP contribution in [-0.4, -0.2) is 23.6 Å². The van der Waals surface area contributed by atoms with Crippen molar-refractivity contribution in [3.8, 4) is 5.75 Å². The number of fused-ring (bicyclic) bond motifs is 1. The van der Waals surface area contributed by atoms with E-state index in [1.807, 2.05) is 0 Å². The second-order valence-electron chi connectivity index (χ2n) is 5.73. The molecule has 2 rings (SSSR count). The molecule has 0 spiro atoms. The molecule has 0 aromatic heterocycles. The molecule has 0 unspecified atom stereocenters. The summed E-state index contributed by atoms with van der Waals surface area (Å²) >= 11 is 0. The first-order chi connectivity index (χ1) is 7.99. The average molecular weight is 233 g/mol. The average Bonchev–Trinajstić information content (AvgIpc) is 2.26. The summed E-state index contributed by atoms with van der Waals surface area (Å²) in [5.74, 6) is 1.07. The summed E-state index contributed by atoms with van der Waals surface area (Å²) in [4.78, 5) is 2.48.